The number of hydrogen-bond donors (Lipinski definition) is 0. The fourth-order valence-electron chi connectivity index (χ4n) is 4.55. The fraction of sp³-hybridized carbons (Fsp3) is 0.500. The van der Waals surface area contributed by atoms with Gasteiger partial charge in [-0.2, -0.15) is 13.2 Å². The minimum atomic E-state index is -4.32. The number of piperazine rings is 1. The van der Waals surface area contributed by atoms with E-state index in [-0.39, 0.29) is 0 Å². The largest absolute Gasteiger partial charge is 0.493 e. The summed E-state index contributed by atoms with van der Waals surface area (Å²) in [5.74, 6) is 0.990. The SMILES string of the molecule is Cc1cc2c(cc1OCCCN1CCN(c3ccccc3C(F)(F)F)CC1)CCC2. The molecule has 6 heteroatoms. The van der Waals surface area contributed by atoms with Gasteiger partial charge in [-0.3, -0.25) is 4.90 Å². The molecule has 0 saturated carbocycles. The average molecular weight is 419 g/mol. The van der Waals surface area contributed by atoms with Crippen molar-refractivity contribution in [3.8, 4) is 5.75 Å². The van der Waals surface area contributed by atoms with Crippen LogP contribution < -0.4 is 9.64 Å². The zero-order chi connectivity index (χ0) is 21.1. The first-order valence-electron chi connectivity index (χ1n) is 10.8. The molecular weight excluding hydrogens is 389 g/mol. The van der Waals surface area contributed by atoms with Gasteiger partial charge in [-0.25, -0.2) is 0 Å². The summed E-state index contributed by atoms with van der Waals surface area (Å²) in [6, 6.07) is 10.3. The smallest absolute Gasteiger partial charge is 0.418 e. The number of ether oxygens (including phenoxy) is 1. The van der Waals surface area contributed by atoms with E-state index in [1.165, 1.54) is 41.7 Å². The zero-order valence-corrected chi connectivity index (χ0v) is 17.5. The first-order valence-corrected chi connectivity index (χ1v) is 10.8. The van der Waals surface area contributed by atoms with E-state index in [0.29, 0.717) is 25.4 Å². The van der Waals surface area contributed by atoms with Crippen LogP contribution in [-0.2, 0) is 19.0 Å². The predicted octanol–water partition coefficient (Wildman–Crippen LogP) is 5.09. The molecule has 30 heavy (non-hydrogen) atoms. The molecule has 1 heterocycles. The van der Waals surface area contributed by atoms with E-state index in [9.17, 15) is 13.2 Å². The van der Waals surface area contributed by atoms with Crippen molar-refractivity contribution in [2.75, 3.05) is 44.2 Å². The van der Waals surface area contributed by atoms with Gasteiger partial charge < -0.3 is 9.64 Å². The number of aryl methyl sites for hydroxylation is 3. The Labute approximate surface area is 176 Å². The number of rotatable bonds is 6. The predicted molar refractivity (Wildman–Crippen MR) is 113 cm³/mol. The lowest BCUT2D eigenvalue weighted by Gasteiger charge is -2.37. The molecule has 1 aliphatic heterocycles. The summed E-state index contributed by atoms with van der Waals surface area (Å²) >= 11 is 0. The van der Waals surface area contributed by atoms with Crippen LogP contribution in [0.15, 0.2) is 36.4 Å². The van der Waals surface area contributed by atoms with Gasteiger partial charge in [0.15, 0.2) is 0 Å². The molecule has 2 aromatic carbocycles. The molecule has 0 N–H and O–H groups in total. The van der Waals surface area contributed by atoms with Crippen molar-refractivity contribution < 1.29 is 17.9 Å². The third-order valence-electron chi connectivity index (χ3n) is 6.19. The number of hydrogen-bond acceptors (Lipinski definition) is 3. The summed E-state index contributed by atoms with van der Waals surface area (Å²) in [5, 5.41) is 0. The first kappa shape index (κ1) is 21.0. The molecule has 162 valence electrons. The summed E-state index contributed by atoms with van der Waals surface area (Å²) in [7, 11) is 0. The van der Waals surface area contributed by atoms with Crippen molar-refractivity contribution in [3.63, 3.8) is 0 Å². The Balaban J connectivity index is 1.24. The molecule has 0 spiro atoms. The van der Waals surface area contributed by atoms with Crippen LogP contribution in [0.5, 0.6) is 5.75 Å². The Morgan fingerprint density at radius 2 is 1.67 bits per heavy atom. The molecule has 2 aliphatic rings. The Hall–Kier alpha value is -2.21. The van der Waals surface area contributed by atoms with Gasteiger partial charge >= 0.3 is 6.18 Å². The Bertz CT molecular complexity index is 873. The van der Waals surface area contributed by atoms with Gasteiger partial charge in [-0.1, -0.05) is 18.2 Å². The van der Waals surface area contributed by atoms with Gasteiger partial charge in [0.25, 0.3) is 0 Å². The maximum Gasteiger partial charge on any atom is 0.418 e. The van der Waals surface area contributed by atoms with E-state index in [2.05, 4.69) is 24.0 Å². The van der Waals surface area contributed by atoms with Crippen LogP contribution in [0, 0.1) is 6.92 Å². The standard InChI is InChI=1S/C24H29F3N2O/c1-18-16-19-6-4-7-20(19)17-23(18)30-15-5-10-28-11-13-29(14-12-28)22-9-3-2-8-21(22)24(25,26)27/h2-3,8-9,16-17H,4-7,10-15H2,1H3. The van der Waals surface area contributed by atoms with Crippen molar-refractivity contribution >= 4 is 5.69 Å². The number of alkyl halides is 3. The summed E-state index contributed by atoms with van der Waals surface area (Å²) in [6.45, 7) is 6.42. The lowest BCUT2D eigenvalue weighted by atomic mass is 10.1. The maximum atomic E-state index is 13.3. The van der Waals surface area contributed by atoms with Crippen LogP contribution in [0.25, 0.3) is 0 Å². The maximum absolute atomic E-state index is 13.3. The number of benzene rings is 2. The van der Waals surface area contributed by atoms with Gasteiger partial charge in [0.2, 0.25) is 0 Å². The van der Waals surface area contributed by atoms with Crippen LogP contribution in [0.1, 0.15) is 35.1 Å². The molecule has 0 amide bonds. The van der Waals surface area contributed by atoms with Gasteiger partial charge in [-0.15, -0.1) is 0 Å². The second kappa shape index (κ2) is 8.88. The summed E-state index contributed by atoms with van der Waals surface area (Å²) < 4.78 is 45.9. The highest BCUT2D eigenvalue weighted by Gasteiger charge is 2.35. The van der Waals surface area contributed by atoms with Crippen LogP contribution in [-0.4, -0.2) is 44.2 Å². The average Bonchev–Trinajstić information content (AvgIpc) is 3.18. The summed E-state index contributed by atoms with van der Waals surface area (Å²) in [6.07, 6.45) is 0.150. The summed E-state index contributed by atoms with van der Waals surface area (Å²) in [4.78, 5) is 4.16. The second-order valence-corrected chi connectivity index (χ2v) is 8.29. The molecule has 1 aliphatic carbocycles. The van der Waals surface area contributed by atoms with Crippen LogP contribution in [0.3, 0.4) is 0 Å². The highest BCUT2D eigenvalue weighted by atomic mass is 19.4. The van der Waals surface area contributed by atoms with Crippen LogP contribution >= 0.6 is 0 Å². The van der Waals surface area contributed by atoms with Crippen LogP contribution in [0.4, 0.5) is 18.9 Å². The quantitative estimate of drug-likeness (QED) is 0.608. The van der Waals surface area contributed by atoms with Gasteiger partial charge in [-0.05, 0) is 67.5 Å². The first-order chi connectivity index (χ1) is 14.4. The Morgan fingerprint density at radius 3 is 2.40 bits per heavy atom. The van der Waals surface area contributed by atoms with E-state index < -0.39 is 11.7 Å². The van der Waals surface area contributed by atoms with E-state index in [4.69, 9.17) is 4.74 Å². The fourth-order valence-corrected chi connectivity index (χ4v) is 4.55. The molecule has 3 nitrogen and oxygen atoms in total. The Kier molecular flexibility index (Phi) is 6.23. The molecule has 4 rings (SSSR count). The normalized spacial score (nSPS) is 17.3. The molecule has 0 unspecified atom stereocenters. The summed E-state index contributed by atoms with van der Waals surface area (Å²) in [5.41, 5.74) is 3.83. The highest BCUT2D eigenvalue weighted by Crippen LogP contribution is 2.36. The molecule has 0 radical (unpaired) electrons. The third-order valence-corrected chi connectivity index (χ3v) is 6.19. The molecule has 1 saturated heterocycles. The van der Waals surface area contributed by atoms with Crippen LogP contribution in [0.2, 0.25) is 0 Å². The van der Waals surface area contributed by atoms with Crippen molar-refractivity contribution in [2.24, 2.45) is 0 Å². The highest BCUT2D eigenvalue weighted by molar-refractivity contribution is 5.55. The van der Waals surface area contributed by atoms with Crippen molar-refractivity contribution in [1.82, 2.24) is 4.90 Å². The lowest BCUT2D eigenvalue weighted by Crippen LogP contribution is -2.47. The zero-order valence-electron chi connectivity index (χ0n) is 17.5. The van der Waals surface area contributed by atoms with Crippen molar-refractivity contribution in [2.45, 2.75) is 38.8 Å². The van der Waals surface area contributed by atoms with E-state index in [1.807, 2.05) is 4.90 Å². The third kappa shape index (κ3) is 4.75. The monoisotopic (exact) mass is 418 g/mol. The van der Waals surface area contributed by atoms with Gasteiger partial charge in [0.1, 0.15) is 5.75 Å². The molecule has 1 fully saturated rings. The second-order valence-electron chi connectivity index (χ2n) is 8.29. The van der Waals surface area contributed by atoms with E-state index in [1.54, 1.807) is 12.1 Å². The molecule has 2 aromatic rings. The Morgan fingerprint density at radius 1 is 0.967 bits per heavy atom. The van der Waals surface area contributed by atoms with Crippen molar-refractivity contribution in [1.29, 1.82) is 0 Å². The van der Waals surface area contributed by atoms with E-state index in [0.717, 1.165) is 38.2 Å². The van der Waals surface area contributed by atoms with Gasteiger partial charge in [0.05, 0.1) is 12.2 Å². The molecular formula is C24H29F3N2O. The number of nitrogens with zero attached hydrogens (tertiary/aromatic N) is 2. The minimum absolute atomic E-state index is 0.292. The number of halogens is 3. The van der Waals surface area contributed by atoms with E-state index >= 15 is 0 Å². The molecule has 0 atom stereocenters. The minimum Gasteiger partial charge on any atom is -0.493 e. The number of anilines is 1. The molecule has 0 aromatic heterocycles. The number of para-hydroxylation sites is 1. The molecule has 0 bridgehead atoms. The van der Waals surface area contributed by atoms with Gasteiger partial charge in [0, 0.05) is 38.4 Å². The topological polar surface area (TPSA) is 15.7 Å². The lowest BCUT2D eigenvalue weighted by molar-refractivity contribution is -0.137. The van der Waals surface area contributed by atoms with Crippen molar-refractivity contribution in [3.05, 3.63) is 58.7 Å². The number of fused-ring (bicyclic) bond motifs is 1.